The Kier molecular flexibility index (Phi) is 2.47. The van der Waals surface area contributed by atoms with E-state index in [1.807, 2.05) is 0 Å². The van der Waals surface area contributed by atoms with Gasteiger partial charge in [-0.15, -0.1) is 0 Å². The van der Waals surface area contributed by atoms with Gasteiger partial charge >= 0.3 is 5.97 Å². The molecule has 1 heterocycles. The van der Waals surface area contributed by atoms with Crippen LogP contribution in [0.5, 0.6) is 11.5 Å². The Morgan fingerprint density at radius 1 is 1.50 bits per heavy atom. The van der Waals surface area contributed by atoms with Crippen molar-refractivity contribution < 1.29 is 24.2 Å². The number of benzene rings is 1. The highest BCUT2D eigenvalue weighted by atomic mass is 16.5. The molecule has 0 amide bonds. The summed E-state index contributed by atoms with van der Waals surface area (Å²) in [6.45, 7) is 0.155. The third kappa shape index (κ3) is 1.63. The van der Waals surface area contributed by atoms with Crippen LogP contribution >= 0.6 is 0 Å². The molecule has 2 aliphatic rings. The van der Waals surface area contributed by atoms with Gasteiger partial charge in [-0.2, -0.15) is 0 Å². The number of ketones is 1. The summed E-state index contributed by atoms with van der Waals surface area (Å²) >= 11 is 0. The van der Waals surface area contributed by atoms with Gasteiger partial charge in [0.25, 0.3) is 0 Å². The molecule has 0 fully saturated rings. The fourth-order valence-electron chi connectivity index (χ4n) is 2.59. The van der Waals surface area contributed by atoms with E-state index in [2.05, 4.69) is 0 Å². The van der Waals surface area contributed by atoms with E-state index in [-0.39, 0.29) is 11.7 Å². The summed E-state index contributed by atoms with van der Waals surface area (Å²) in [4.78, 5) is 22.5. The molecule has 1 aliphatic heterocycles. The van der Waals surface area contributed by atoms with E-state index in [0.29, 0.717) is 24.3 Å². The van der Waals surface area contributed by atoms with Crippen molar-refractivity contribution in [1.82, 2.24) is 0 Å². The molecule has 5 nitrogen and oxygen atoms in total. The predicted octanol–water partition coefficient (Wildman–Crippen LogP) is 1.60. The van der Waals surface area contributed by atoms with Gasteiger partial charge in [0, 0.05) is 17.9 Å². The Balaban J connectivity index is 2.04. The van der Waals surface area contributed by atoms with Gasteiger partial charge in [-0.25, -0.2) is 4.79 Å². The quantitative estimate of drug-likeness (QED) is 0.879. The maximum atomic E-state index is 12.0. The van der Waals surface area contributed by atoms with Gasteiger partial charge in [0.05, 0.1) is 12.2 Å². The highest BCUT2D eigenvalue weighted by Crippen LogP contribution is 2.46. The smallest absolute Gasteiger partial charge is 0.341 e. The number of hydrogen-bond donors (Lipinski definition) is 1. The molecule has 0 radical (unpaired) electrons. The Hall–Kier alpha value is -2.04. The molecular weight excluding hydrogens is 236 g/mol. The molecule has 3 rings (SSSR count). The lowest BCUT2D eigenvalue weighted by atomic mass is 9.83. The van der Waals surface area contributed by atoms with E-state index >= 15 is 0 Å². The van der Waals surface area contributed by atoms with Gasteiger partial charge in [0.15, 0.2) is 12.4 Å². The Bertz CT molecular complexity index is 534. The average molecular weight is 248 g/mol. The number of rotatable bonds is 3. The third-order valence-corrected chi connectivity index (χ3v) is 3.37. The molecule has 0 aromatic heterocycles. The zero-order chi connectivity index (χ0) is 12.7. The highest BCUT2D eigenvalue weighted by molar-refractivity contribution is 6.02. The molecule has 1 aliphatic carbocycles. The van der Waals surface area contributed by atoms with Crippen molar-refractivity contribution in [1.29, 1.82) is 0 Å². The van der Waals surface area contributed by atoms with E-state index in [1.54, 1.807) is 12.1 Å². The first kappa shape index (κ1) is 11.1. The second-order valence-corrected chi connectivity index (χ2v) is 4.50. The van der Waals surface area contributed by atoms with Crippen molar-refractivity contribution in [2.24, 2.45) is 0 Å². The molecule has 1 aromatic rings. The van der Waals surface area contributed by atoms with Gasteiger partial charge in [0.2, 0.25) is 0 Å². The standard InChI is InChI=1S/C13H12O5/c14-8-2-1-7-5-17-9-3-4-10(13(8)12(7)9)18-6-11(15)16/h3-4,7H,1-2,5-6H2,(H,15,16). The zero-order valence-electron chi connectivity index (χ0n) is 9.64. The van der Waals surface area contributed by atoms with Crippen LogP contribution in [-0.2, 0) is 4.79 Å². The summed E-state index contributed by atoms with van der Waals surface area (Å²) in [6.07, 6.45) is 1.26. The van der Waals surface area contributed by atoms with Crippen LogP contribution in [0.2, 0.25) is 0 Å². The minimum Gasteiger partial charge on any atom is -0.493 e. The van der Waals surface area contributed by atoms with Crippen molar-refractivity contribution in [3.05, 3.63) is 23.3 Å². The van der Waals surface area contributed by atoms with Crippen LogP contribution in [0.15, 0.2) is 12.1 Å². The van der Waals surface area contributed by atoms with Crippen LogP contribution in [0.1, 0.15) is 34.7 Å². The number of carboxylic acid groups (broad SMARTS) is 1. The van der Waals surface area contributed by atoms with E-state index in [4.69, 9.17) is 14.6 Å². The maximum absolute atomic E-state index is 12.0. The molecule has 5 heteroatoms. The largest absolute Gasteiger partial charge is 0.493 e. The fourth-order valence-corrected chi connectivity index (χ4v) is 2.59. The molecule has 1 aromatic carbocycles. The molecule has 0 saturated heterocycles. The summed E-state index contributed by atoms with van der Waals surface area (Å²) in [5.41, 5.74) is 1.41. The predicted molar refractivity (Wildman–Crippen MR) is 61.4 cm³/mol. The third-order valence-electron chi connectivity index (χ3n) is 3.37. The number of Topliss-reactive ketones (excluding diaryl/α,β-unsaturated/α-hetero) is 1. The lowest BCUT2D eigenvalue weighted by Crippen LogP contribution is -2.18. The van der Waals surface area contributed by atoms with Gasteiger partial charge in [-0.05, 0) is 18.6 Å². The molecule has 1 N–H and O–H groups in total. The van der Waals surface area contributed by atoms with E-state index in [9.17, 15) is 9.59 Å². The van der Waals surface area contributed by atoms with Crippen LogP contribution in [0, 0.1) is 0 Å². The number of hydrogen-bond acceptors (Lipinski definition) is 4. The normalized spacial score (nSPS) is 20.2. The SMILES string of the molecule is O=C(O)COc1ccc2c3c1C(=O)CCC3CO2. The minimum atomic E-state index is -1.06. The van der Waals surface area contributed by atoms with Crippen LogP contribution in [0.25, 0.3) is 0 Å². The van der Waals surface area contributed by atoms with Crippen LogP contribution in [0.4, 0.5) is 0 Å². The van der Waals surface area contributed by atoms with Crippen molar-refractivity contribution >= 4 is 11.8 Å². The number of carboxylic acids is 1. The first-order valence-corrected chi connectivity index (χ1v) is 5.84. The Labute approximate surface area is 103 Å². The molecule has 94 valence electrons. The van der Waals surface area contributed by atoms with Crippen LogP contribution < -0.4 is 9.47 Å². The first-order chi connectivity index (χ1) is 8.66. The fraction of sp³-hybridized carbons (Fsp3) is 0.385. The first-order valence-electron chi connectivity index (χ1n) is 5.84. The van der Waals surface area contributed by atoms with Crippen molar-refractivity contribution in [3.63, 3.8) is 0 Å². The van der Waals surface area contributed by atoms with Gasteiger partial charge < -0.3 is 14.6 Å². The lowest BCUT2D eigenvalue weighted by Gasteiger charge is -2.20. The second kappa shape index (κ2) is 4.01. The van der Waals surface area contributed by atoms with Crippen LogP contribution in [-0.4, -0.2) is 30.1 Å². The van der Waals surface area contributed by atoms with E-state index in [1.165, 1.54) is 0 Å². The maximum Gasteiger partial charge on any atom is 0.341 e. The zero-order valence-corrected chi connectivity index (χ0v) is 9.64. The van der Waals surface area contributed by atoms with E-state index in [0.717, 1.165) is 17.7 Å². The molecule has 1 atom stereocenters. The van der Waals surface area contributed by atoms with Gasteiger partial charge in [-0.1, -0.05) is 0 Å². The number of ether oxygens (including phenoxy) is 2. The molecule has 1 unspecified atom stereocenters. The molecule has 18 heavy (non-hydrogen) atoms. The summed E-state index contributed by atoms with van der Waals surface area (Å²) in [5.74, 6) is 0.274. The Morgan fingerprint density at radius 3 is 3.11 bits per heavy atom. The van der Waals surface area contributed by atoms with Crippen molar-refractivity contribution in [2.45, 2.75) is 18.8 Å². The topological polar surface area (TPSA) is 72.8 Å². The molecule has 0 bridgehead atoms. The van der Waals surface area contributed by atoms with Gasteiger partial charge in [-0.3, -0.25) is 4.79 Å². The molecule has 0 spiro atoms. The summed E-state index contributed by atoms with van der Waals surface area (Å²) < 4.78 is 10.7. The monoisotopic (exact) mass is 248 g/mol. The number of carbonyl (C=O) groups is 2. The summed E-state index contributed by atoms with van der Waals surface area (Å²) in [5, 5.41) is 8.63. The van der Waals surface area contributed by atoms with Crippen LogP contribution in [0.3, 0.4) is 0 Å². The van der Waals surface area contributed by atoms with Gasteiger partial charge in [0.1, 0.15) is 11.5 Å². The average Bonchev–Trinajstić information content (AvgIpc) is 2.76. The number of carbonyl (C=O) groups excluding carboxylic acids is 1. The highest BCUT2D eigenvalue weighted by Gasteiger charge is 2.36. The summed E-state index contributed by atoms with van der Waals surface area (Å²) in [6, 6.07) is 3.36. The molecular formula is C13H12O5. The second-order valence-electron chi connectivity index (χ2n) is 4.50. The minimum absolute atomic E-state index is 0.00832. The number of aliphatic carboxylic acids is 1. The molecule has 0 saturated carbocycles. The van der Waals surface area contributed by atoms with Crippen molar-refractivity contribution in [2.75, 3.05) is 13.2 Å². The summed E-state index contributed by atoms with van der Waals surface area (Å²) in [7, 11) is 0. The van der Waals surface area contributed by atoms with E-state index < -0.39 is 12.6 Å². The lowest BCUT2D eigenvalue weighted by molar-refractivity contribution is -0.139. The Morgan fingerprint density at radius 2 is 2.33 bits per heavy atom. The van der Waals surface area contributed by atoms with Crippen molar-refractivity contribution in [3.8, 4) is 11.5 Å².